The van der Waals surface area contributed by atoms with E-state index in [1.807, 2.05) is 25.1 Å². The summed E-state index contributed by atoms with van der Waals surface area (Å²) in [6, 6.07) is 10.1. The van der Waals surface area contributed by atoms with Gasteiger partial charge in [-0.25, -0.2) is 14.5 Å². The van der Waals surface area contributed by atoms with Crippen molar-refractivity contribution in [3.8, 4) is 0 Å². The van der Waals surface area contributed by atoms with Gasteiger partial charge in [0.2, 0.25) is 5.79 Å². The van der Waals surface area contributed by atoms with Crippen LogP contribution in [0.1, 0.15) is 23.5 Å². The molecule has 2 fully saturated rings. The van der Waals surface area contributed by atoms with Crippen LogP contribution < -0.4 is 0 Å². The molecule has 4 heterocycles. The molecule has 3 aromatic rings. The maximum absolute atomic E-state index is 6.18. The van der Waals surface area contributed by atoms with Gasteiger partial charge < -0.3 is 14.2 Å². The first-order valence-electron chi connectivity index (χ1n) is 8.40. The van der Waals surface area contributed by atoms with E-state index in [1.54, 1.807) is 16.9 Å². The SMILES string of the molecule is Cc1ncc2ncc(C34OC(COCc5ccccc5)CC3O4)n2n1. The van der Waals surface area contributed by atoms with Crippen molar-refractivity contribution in [2.75, 3.05) is 6.61 Å². The summed E-state index contributed by atoms with van der Waals surface area (Å²) in [7, 11) is 0. The third-order valence-electron chi connectivity index (χ3n) is 4.65. The van der Waals surface area contributed by atoms with Crippen molar-refractivity contribution >= 4 is 5.65 Å². The topological polar surface area (TPSA) is 74.1 Å². The first kappa shape index (κ1) is 14.9. The minimum absolute atomic E-state index is 0.0101. The second kappa shape index (κ2) is 5.59. The van der Waals surface area contributed by atoms with Crippen LogP contribution in [0.4, 0.5) is 0 Å². The van der Waals surface area contributed by atoms with Crippen LogP contribution >= 0.6 is 0 Å². The number of epoxide rings is 1. The van der Waals surface area contributed by atoms with Crippen LogP contribution in [0.3, 0.4) is 0 Å². The number of ether oxygens (including phenoxy) is 3. The number of fused-ring (bicyclic) bond motifs is 2. The van der Waals surface area contributed by atoms with Crippen molar-refractivity contribution in [3.63, 3.8) is 0 Å². The lowest BCUT2D eigenvalue weighted by molar-refractivity contribution is -0.117. The van der Waals surface area contributed by atoms with Crippen LogP contribution in [0.15, 0.2) is 42.7 Å². The summed E-state index contributed by atoms with van der Waals surface area (Å²) < 4.78 is 19.6. The molecule has 0 spiro atoms. The highest BCUT2D eigenvalue weighted by molar-refractivity contribution is 5.38. The summed E-state index contributed by atoms with van der Waals surface area (Å²) in [5.41, 5.74) is 2.67. The number of aryl methyl sites for hydroxylation is 1. The first-order chi connectivity index (χ1) is 12.2. The zero-order valence-electron chi connectivity index (χ0n) is 13.8. The normalized spacial score (nSPS) is 27.6. The van der Waals surface area contributed by atoms with Gasteiger partial charge in [-0.05, 0) is 12.5 Å². The Morgan fingerprint density at radius 3 is 2.96 bits per heavy atom. The Morgan fingerprint density at radius 1 is 1.20 bits per heavy atom. The van der Waals surface area contributed by atoms with E-state index in [0.29, 0.717) is 24.7 Å². The van der Waals surface area contributed by atoms with Crippen molar-refractivity contribution in [2.24, 2.45) is 0 Å². The number of hydrogen-bond donors (Lipinski definition) is 0. The van der Waals surface area contributed by atoms with Gasteiger partial charge in [0.25, 0.3) is 0 Å². The molecule has 0 aliphatic carbocycles. The van der Waals surface area contributed by atoms with E-state index in [-0.39, 0.29) is 12.2 Å². The fraction of sp³-hybridized carbons (Fsp3) is 0.389. The fourth-order valence-electron chi connectivity index (χ4n) is 3.40. The molecule has 3 atom stereocenters. The fourth-order valence-corrected chi connectivity index (χ4v) is 3.40. The summed E-state index contributed by atoms with van der Waals surface area (Å²) in [6.45, 7) is 2.98. The average Bonchev–Trinajstić information content (AvgIpc) is 2.99. The summed E-state index contributed by atoms with van der Waals surface area (Å²) in [5.74, 6) is -0.0536. The molecule has 0 saturated carbocycles. The van der Waals surface area contributed by atoms with Crippen molar-refractivity contribution in [1.29, 1.82) is 0 Å². The quantitative estimate of drug-likeness (QED) is 0.663. The van der Waals surface area contributed by atoms with Gasteiger partial charge in [-0.3, -0.25) is 0 Å². The number of benzene rings is 1. The molecule has 25 heavy (non-hydrogen) atoms. The third kappa shape index (κ3) is 2.52. The van der Waals surface area contributed by atoms with Gasteiger partial charge in [0, 0.05) is 6.42 Å². The Morgan fingerprint density at radius 2 is 2.08 bits per heavy atom. The lowest BCUT2D eigenvalue weighted by Crippen LogP contribution is -2.23. The van der Waals surface area contributed by atoms with Crippen LogP contribution in [-0.4, -0.2) is 38.4 Å². The highest BCUT2D eigenvalue weighted by Gasteiger charge is 2.67. The number of hydrogen-bond acceptors (Lipinski definition) is 6. The molecule has 0 radical (unpaired) electrons. The van der Waals surface area contributed by atoms with Gasteiger partial charge in [0.1, 0.15) is 17.6 Å². The van der Waals surface area contributed by atoms with Crippen LogP contribution in [-0.2, 0) is 26.6 Å². The van der Waals surface area contributed by atoms with Crippen LogP contribution in [0.2, 0.25) is 0 Å². The molecule has 128 valence electrons. The van der Waals surface area contributed by atoms with Crippen molar-refractivity contribution < 1.29 is 14.2 Å². The zero-order valence-corrected chi connectivity index (χ0v) is 13.8. The van der Waals surface area contributed by atoms with E-state index in [1.165, 1.54) is 0 Å². The largest absolute Gasteiger partial charge is 0.374 e. The third-order valence-corrected chi connectivity index (χ3v) is 4.65. The van der Waals surface area contributed by atoms with Gasteiger partial charge >= 0.3 is 0 Å². The molecule has 2 aliphatic heterocycles. The summed E-state index contributed by atoms with van der Waals surface area (Å²) in [4.78, 5) is 8.52. The lowest BCUT2D eigenvalue weighted by Gasteiger charge is -2.16. The second-order valence-electron chi connectivity index (χ2n) is 6.47. The standard InChI is InChI=1S/C18H18N4O3/c1-12-19-9-17-20-8-15(22(17)21-12)18-16(25-18)7-14(24-18)11-23-10-13-5-3-2-4-6-13/h2-6,8-9,14,16H,7,10-11H2,1H3. The van der Waals surface area contributed by atoms with Gasteiger partial charge in [0.15, 0.2) is 5.65 Å². The monoisotopic (exact) mass is 338 g/mol. The van der Waals surface area contributed by atoms with Crippen molar-refractivity contribution in [2.45, 2.75) is 37.9 Å². The minimum Gasteiger partial charge on any atom is -0.374 e. The maximum Gasteiger partial charge on any atom is 0.242 e. The van der Waals surface area contributed by atoms with E-state index in [9.17, 15) is 0 Å². The lowest BCUT2D eigenvalue weighted by atomic mass is 10.1. The Labute approximate surface area is 144 Å². The van der Waals surface area contributed by atoms with Gasteiger partial charge in [-0.1, -0.05) is 30.3 Å². The molecule has 7 heteroatoms. The van der Waals surface area contributed by atoms with Crippen LogP contribution in [0.5, 0.6) is 0 Å². The summed E-state index contributed by atoms with van der Waals surface area (Å²) >= 11 is 0. The molecule has 2 aliphatic rings. The number of rotatable bonds is 5. The smallest absolute Gasteiger partial charge is 0.242 e. The Hall–Kier alpha value is -2.35. The first-order valence-corrected chi connectivity index (χ1v) is 8.40. The zero-order chi connectivity index (χ0) is 16.9. The molecule has 3 unspecified atom stereocenters. The van der Waals surface area contributed by atoms with Gasteiger partial charge in [-0.15, -0.1) is 0 Å². The van der Waals surface area contributed by atoms with E-state index < -0.39 is 5.79 Å². The molecule has 5 rings (SSSR count). The molecule has 7 nitrogen and oxygen atoms in total. The highest BCUT2D eigenvalue weighted by atomic mass is 16.8. The predicted octanol–water partition coefficient (Wildman–Crippen LogP) is 1.99. The van der Waals surface area contributed by atoms with Gasteiger partial charge in [0.05, 0.1) is 31.7 Å². The Bertz CT molecular complexity index is 913. The van der Waals surface area contributed by atoms with E-state index in [0.717, 1.165) is 17.7 Å². The average molecular weight is 338 g/mol. The van der Waals surface area contributed by atoms with Crippen molar-refractivity contribution in [1.82, 2.24) is 19.6 Å². The summed E-state index contributed by atoms with van der Waals surface area (Å²) in [6.07, 6.45) is 4.32. The summed E-state index contributed by atoms with van der Waals surface area (Å²) in [5, 5.41) is 4.43. The van der Waals surface area contributed by atoms with E-state index in [4.69, 9.17) is 14.2 Å². The second-order valence-corrected chi connectivity index (χ2v) is 6.47. The van der Waals surface area contributed by atoms with Crippen LogP contribution in [0.25, 0.3) is 5.65 Å². The van der Waals surface area contributed by atoms with E-state index in [2.05, 4.69) is 27.2 Å². The molecular weight excluding hydrogens is 320 g/mol. The molecular formula is C18H18N4O3. The molecule has 0 amide bonds. The predicted molar refractivity (Wildman–Crippen MR) is 87.7 cm³/mol. The molecule has 2 aromatic heterocycles. The molecule has 2 saturated heterocycles. The van der Waals surface area contributed by atoms with Crippen LogP contribution in [0, 0.1) is 6.92 Å². The molecule has 0 bridgehead atoms. The van der Waals surface area contributed by atoms with Crippen molar-refractivity contribution in [3.05, 3.63) is 59.8 Å². The van der Waals surface area contributed by atoms with Gasteiger partial charge in [-0.2, -0.15) is 5.10 Å². The minimum atomic E-state index is -0.735. The number of nitrogens with zero attached hydrogens (tertiary/aromatic N) is 4. The highest BCUT2D eigenvalue weighted by Crippen LogP contribution is 2.55. The number of imidazole rings is 1. The Kier molecular flexibility index (Phi) is 3.34. The van der Waals surface area contributed by atoms with E-state index >= 15 is 0 Å². The molecule has 0 N–H and O–H groups in total. The number of aromatic nitrogens is 4. The molecule has 1 aromatic carbocycles. The maximum atomic E-state index is 6.18. The Balaban J connectivity index is 1.28.